The lowest BCUT2D eigenvalue weighted by atomic mass is 10.2. The molecule has 0 spiro atoms. The standard InChI is InChI=1S/C9H6N2O3S/c12-8(13)6-3-1-2-4-7(6)14-9-10-5-11-15-9/h1-5H,(H,12,13). The third kappa shape index (κ3) is 2.10. The molecule has 0 bridgehead atoms. The van der Waals surface area contributed by atoms with E-state index in [0.29, 0.717) is 5.19 Å². The van der Waals surface area contributed by atoms with Gasteiger partial charge in [0.05, 0.1) is 0 Å². The van der Waals surface area contributed by atoms with E-state index in [9.17, 15) is 4.79 Å². The minimum atomic E-state index is -1.03. The van der Waals surface area contributed by atoms with Gasteiger partial charge in [0.1, 0.15) is 17.6 Å². The summed E-state index contributed by atoms with van der Waals surface area (Å²) in [6, 6.07) is 6.38. The highest BCUT2D eigenvalue weighted by Crippen LogP contribution is 2.25. The average Bonchev–Trinajstić information content (AvgIpc) is 2.71. The van der Waals surface area contributed by atoms with Crippen LogP contribution in [0.3, 0.4) is 0 Å². The Morgan fingerprint density at radius 3 is 2.87 bits per heavy atom. The normalized spacial score (nSPS) is 9.87. The van der Waals surface area contributed by atoms with Gasteiger partial charge in [0, 0.05) is 11.5 Å². The Morgan fingerprint density at radius 1 is 1.40 bits per heavy atom. The topological polar surface area (TPSA) is 72.3 Å². The first-order valence-electron chi connectivity index (χ1n) is 4.04. The first-order valence-corrected chi connectivity index (χ1v) is 4.81. The quantitative estimate of drug-likeness (QED) is 0.860. The Bertz CT molecular complexity index is 470. The van der Waals surface area contributed by atoms with Crippen LogP contribution < -0.4 is 4.74 Å². The molecule has 0 aliphatic rings. The van der Waals surface area contributed by atoms with E-state index in [4.69, 9.17) is 9.84 Å². The van der Waals surface area contributed by atoms with Crippen molar-refractivity contribution in [3.8, 4) is 10.9 Å². The number of carbonyl (C=O) groups is 1. The SMILES string of the molecule is O=C(O)c1ccccc1Oc1ncns1. The van der Waals surface area contributed by atoms with Gasteiger partial charge in [0.15, 0.2) is 0 Å². The van der Waals surface area contributed by atoms with Gasteiger partial charge in [-0.3, -0.25) is 0 Å². The molecule has 1 aromatic carbocycles. The third-order valence-corrected chi connectivity index (χ3v) is 2.20. The first kappa shape index (κ1) is 9.60. The van der Waals surface area contributed by atoms with E-state index in [1.807, 2.05) is 0 Å². The van der Waals surface area contributed by atoms with Crippen molar-refractivity contribution in [1.82, 2.24) is 9.36 Å². The highest BCUT2D eigenvalue weighted by molar-refractivity contribution is 7.07. The number of hydrogen-bond acceptors (Lipinski definition) is 5. The fourth-order valence-electron chi connectivity index (χ4n) is 1.03. The molecular weight excluding hydrogens is 216 g/mol. The van der Waals surface area contributed by atoms with Crippen molar-refractivity contribution < 1.29 is 14.6 Å². The van der Waals surface area contributed by atoms with Crippen LogP contribution >= 0.6 is 11.5 Å². The van der Waals surface area contributed by atoms with E-state index in [1.165, 1.54) is 12.4 Å². The maximum atomic E-state index is 10.8. The van der Waals surface area contributed by atoms with Crippen LogP contribution in [0.15, 0.2) is 30.6 Å². The number of carboxylic acid groups (broad SMARTS) is 1. The summed E-state index contributed by atoms with van der Waals surface area (Å²) in [4.78, 5) is 14.6. The number of carboxylic acids is 1. The lowest BCUT2D eigenvalue weighted by molar-refractivity contribution is 0.0694. The minimum Gasteiger partial charge on any atom is -0.478 e. The van der Waals surface area contributed by atoms with E-state index >= 15 is 0 Å². The van der Waals surface area contributed by atoms with Gasteiger partial charge in [-0.05, 0) is 12.1 Å². The smallest absolute Gasteiger partial charge is 0.339 e. The fourth-order valence-corrected chi connectivity index (χ4v) is 1.44. The predicted octanol–water partition coefficient (Wildman–Crippen LogP) is 2.03. The fraction of sp³-hybridized carbons (Fsp3) is 0. The summed E-state index contributed by atoms with van der Waals surface area (Å²) in [6.45, 7) is 0. The van der Waals surface area contributed by atoms with Crippen LogP contribution in [0.5, 0.6) is 10.9 Å². The molecule has 15 heavy (non-hydrogen) atoms. The van der Waals surface area contributed by atoms with E-state index in [0.717, 1.165) is 11.5 Å². The number of para-hydroxylation sites is 1. The van der Waals surface area contributed by atoms with Crippen molar-refractivity contribution in [3.63, 3.8) is 0 Å². The number of hydrogen-bond donors (Lipinski definition) is 1. The molecule has 5 nitrogen and oxygen atoms in total. The zero-order chi connectivity index (χ0) is 10.7. The number of aromatic carboxylic acids is 1. The molecule has 0 saturated heterocycles. The van der Waals surface area contributed by atoms with E-state index < -0.39 is 5.97 Å². The van der Waals surface area contributed by atoms with E-state index in [1.54, 1.807) is 18.2 Å². The van der Waals surface area contributed by atoms with Crippen LogP contribution in [0.4, 0.5) is 0 Å². The van der Waals surface area contributed by atoms with Gasteiger partial charge in [-0.1, -0.05) is 12.1 Å². The zero-order valence-corrected chi connectivity index (χ0v) is 8.27. The maximum absolute atomic E-state index is 10.8. The Morgan fingerprint density at radius 2 is 2.20 bits per heavy atom. The summed E-state index contributed by atoms with van der Waals surface area (Å²) < 4.78 is 9.03. The van der Waals surface area contributed by atoms with E-state index in [-0.39, 0.29) is 11.3 Å². The third-order valence-electron chi connectivity index (χ3n) is 1.66. The van der Waals surface area contributed by atoms with Gasteiger partial charge in [-0.15, -0.1) is 0 Å². The highest BCUT2D eigenvalue weighted by Gasteiger charge is 2.11. The molecule has 0 fully saturated rings. The van der Waals surface area contributed by atoms with Crippen molar-refractivity contribution in [3.05, 3.63) is 36.2 Å². The molecule has 0 aliphatic heterocycles. The van der Waals surface area contributed by atoms with E-state index in [2.05, 4.69) is 9.36 Å². The van der Waals surface area contributed by atoms with Gasteiger partial charge in [-0.2, -0.15) is 9.36 Å². The lowest BCUT2D eigenvalue weighted by Crippen LogP contribution is -1.99. The van der Waals surface area contributed by atoms with Crippen molar-refractivity contribution in [2.45, 2.75) is 0 Å². The molecular formula is C9H6N2O3S. The molecule has 1 heterocycles. The molecule has 2 aromatic rings. The number of aromatic nitrogens is 2. The minimum absolute atomic E-state index is 0.104. The number of rotatable bonds is 3. The number of ether oxygens (including phenoxy) is 1. The van der Waals surface area contributed by atoms with Crippen LogP contribution in [-0.2, 0) is 0 Å². The Hall–Kier alpha value is -1.95. The van der Waals surface area contributed by atoms with Crippen LogP contribution in [-0.4, -0.2) is 20.4 Å². The van der Waals surface area contributed by atoms with Gasteiger partial charge in [0.25, 0.3) is 5.19 Å². The summed E-state index contributed by atoms with van der Waals surface area (Å²) in [5.41, 5.74) is 0.104. The Labute approximate surface area is 89.1 Å². The Kier molecular flexibility index (Phi) is 2.59. The van der Waals surface area contributed by atoms with Gasteiger partial charge in [0.2, 0.25) is 0 Å². The van der Waals surface area contributed by atoms with Crippen LogP contribution in [0, 0.1) is 0 Å². The summed E-state index contributed by atoms with van der Waals surface area (Å²) >= 11 is 1.06. The lowest BCUT2D eigenvalue weighted by Gasteiger charge is -2.03. The summed E-state index contributed by atoms with van der Waals surface area (Å²) in [5.74, 6) is -0.767. The molecule has 0 atom stereocenters. The average molecular weight is 222 g/mol. The molecule has 76 valence electrons. The van der Waals surface area contributed by atoms with Crippen LogP contribution in [0.1, 0.15) is 10.4 Å². The molecule has 0 amide bonds. The molecule has 6 heteroatoms. The van der Waals surface area contributed by atoms with Crippen LogP contribution in [0.2, 0.25) is 0 Å². The molecule has 2 rings (SSSR count). The first-order chi connectivity index (χ1) is 7.27. The summed E-state index contributed by atoms with van der Waals surface area (Å²) in [6.07, 6.45) is 1.35. The molecule has 0 radical (unpaired) electrons. The molecule has 1 aromatic heterocycles. The summed E-state index contributed by atoms with van der Waals surface area (Å²) in [5, 5.41) is 9.20. The largest absolute Gasteiger partial charge is 0.478 e. The Balaban J connectivity index is 2.32. The van der Waals surface area contributed by atoms with Crippen molar-refractivity contribution >= 4 is 17.5 Å². The highest BCUT2D eigenvalue weighted by atomic mass is 32.1. The molecule has 0 saturated carbocycles. The van der Waals surface area contributed by atoms with Crippen molar-refractivity contribution in [2.75, 3.05) is 0 Å². The maximum Gasteiger partial charge on any atom is 0.339 e. The number of nitrogens with zero attached hydrogens (tertiary/aromatic N) is 2. The predicted molar refractivity (Wildman–Crippen MR) is 53.4 cm³/mol. The summed E-state index contributed by atoms with van der Waals surface area (Å²) in [7, 11) is 0. The van der Waals surface area contributed by atoms with Gasteiger partial charge < -0.3 is 9.84 Å². The van der Waals surface area contributed by atoms with Crippen LogP contribution in [0.25, 0.3) is 0 Å². The van der Waals surface area contributed by atoms with Gasteiger partial charge in [-0.25, -0.2) is 4.79 Å². The second kappa shape index (κ2) is 4.05. The monoisotopic (exact) mass is 222 g/mol. The molecule has 0 unspecified atom stereocenters. The number of benzene rings is 1. The van der Waals surface area contributed by atoms with Gasteiger partial charge >= 0.3 is 5.97 Å². The van der Waals surface area contributed by atoms with Crippen molar-refractivity contribution in [1.29, 1.82) is 0 Å². The zero-order valence-electron chi connectivity index (χ0n) is 7.45. The van der Waals surface area contributed by atoms with Crippen molar-refractivity contribution in [2.24, 2.45) is 0 Å². The second-order valence-corrected chi connectivity index (χ2v) is 3.35. The molecule has 0 aliphatic carbocycles. The molecule has 1 N–H and O–H groups in total. The second-order valence-electron chi connectivity index (χ2n) is 2.61.